The lowest BCUT2D eigenvalue weighted by Crippen LogP contribution is -2.34. The highest BCUT2D eigenvalue weighted by Gasteiger charge is 2.32. The van der Waals surface area contributed by atoms with E-state index in [1.165, 1.54) is 30.7 Å². The molecule has 2 aliphatic rings. The van der Waals surface area contributed by atoms with Gasteiger partial charge < -0.3 is 14.8 Å². The summed E-state index contributed by atoms with van der Waals surface area (Å²) in [6, 6.07) is 4.91. The molecule has 30 heavy (non-hydrogen) atoms. The summed E-state index contributed by atoms with van der Waals surface area (Å²) >= 11 is 0. The molecule has 1 heterocycles. The molecule has 4 N–H and O–H groups in total. The molecule has 7 nitrogen and oxygen atoms in total. The molecule has 2 atom stereocenters. The highest BCUT2D eigenvalue weighted by molar-refractivity contribution is 7.91. The number of urea groups is 1. The third kappa shape index (κ3) is 4.11. The molecule has 4 rings (SSSR count). The smallest absolute Gasteiger partial charge is 0.332 e. The van der Waals surface area contributed by atoms with Crippen molar-refractivity contribution in [3.63, 3.8) is 0 Å². The van der Waals surface area contributed by atoms with Crippen LogP contribution in [-0.2, 0) is 28.4 Å². The molecule has 8 heteroatoms. The fraction of sp³-hybridized carbons (Fsp3) is 0.500. The van der Waals surface area contributed by atoms with Crippen LogP contribution in [0.5, 0.6) is 0 Å². The number of fused-ring (bicyclic) bond motifs is 1. The maximum absolute atomic E-state index is 12.8. The first kappa shape index (κ1) is 20.9. The van der Waals surface area contributed by atoms with Gasteiger partial charge in [0.2, 0.25) is 5.09 Å². The van der Waals surface area contributed by atoms with Crippen molar-refractivity contribution < 1.29 is 18.5 Å². The largest absolute Gasteiger partial charge is 0.452 e. The average Bonchev–Trinajstić information content (AvgIpc) is 3.16. The van der Waals surface area contributed by atoms with E-state index in [1.54, 1.807) is 13.8 Å². The molecule has 0 spiro atoms. The van der Waals surface area contributed by atoms with Gasteiger partial charge in [0.25, 0.3) is 0 Å². The molecular weight excluding hydrogens is 402 g/mol. The van der Waals surface area contributed by atoms with Gasteiger partial charge in [-0.05, 0) is 74.5 Å². The standard InChI is InChI=1S/C22H29N3O4S/c1-13(14-7-8-14)17-10-9-15-5-4-6-18(15)20(17)24-21(26)25-30(23,28)19-11-16(12-29-19)22(2,3)27/h9-14,27H,4-8H2,1-3H3,(H3,23,24,25,26,28)/t13-,30-/m0/s1. The Morgan fingerprint density at radius 2 is 2.07 bits per heavy atom. The van der Waals surface area contributed by atoms with Crippen LogP contribution in [0.25, 0.3) is 0 Å². The number of rotatable bonds is 6. The fourth-order valence-corrected chi connectivity index (χ4v) is 5.06. The maximum Gasteiger partial charge on any atom is 0.332 e. The van der Waals surface area contributed by atoms with Crippen LogP contribution < -0.4 is 10.0 Å². The van der Waals surface area contributed by atoms with Crippen LogP contribution in [0.3, 0.4) is 0 Å². The number of anilines is 1. The highest BCUT2D eigenvalue weighted by Crippen LogP contribution is 2.46. The SMILES string of the molecule is C[C@H](c1ccc2c(c1NC(=O)N[S@](=N)(=O)c1cc(C(C)(C)O)co1)CCC2)C1CC1. The Balaban J connectivity index is 1.57. The summed E-state index contributed by atoms with van der Waals surface area (Å²) < 4.78 is 28.4. The number of aliphatic hydroxyl groups is 1. The molecule has 0 saturated heterocycles. The molecule has 2 aliphatic carbocycles. The number of nitrogens with one attached hydrogen (secondary N) is 3. The Kier molecular flexibility index (Phi) is 5.18. The van der Waals surface area contributed by atoms with E-state index in [1.807, 2.05) is 0 Å². The molecule has 0 radical (unpaired) electrons. The lowest BCUT2D eigenvalue weighted by molar-refractivity contribution is 0.0779. The number of aryl methyl sites for hydroxylation is 1. The van der Waals surface area contributed by atoms with Crippen molar-refractivity contribution in [1.29, 1.82) is 4.78 Å². The third-order valence-corrected chi connectivity index (χ3v) is 7.43. The average molecular weight is 432 g/mol. The second kappa shape index (κ2) is 7.42. The van der Waals surface area contributed by atoms with Crippen LogP contribution in [0.1, 0.15) is 68.2 Å². The predicted octanol–water partition coefficient (Wildman–Crippen LogP) is 4.65. The van der Waals surface area contributed by atoms with Gasteiger partial charge in [0.15, 0.2) is 9.92 Å². The van der Waals surface area contributed by atoms with Crippen LogP contribution in [0.15, 0.2) is 34.0 Å². The van der Waals surface area contributed by atoms with E-state index in [4.69, 9.17) is 9.20 Å². The Morgan fingerprint density at radius 3 is 2.70 bits per heavy atom. The van der Waals surface area contributed by atoms with E-state index >= 15 is 0 Å². The first-order valence-corrected chi connectivity index (χ1v) is 12.0. The maximum atomic E-state index is 12.8. The quantitative estimate of drug-likeness (QED) is 0.533. The number of benzene rings is 1. The van der Waals surface area contributed by atoms with Gasteiger partial charge >= 0.3 is 6.03 Å². The van der Waals surface area contributed by atoms with Gasteiger partial charge in [-0.3, -0.25) is 0 Å². The molecule has 1 saturated carbocycles. The summed E-state index contributed by atoms with van der Waals surface area (Å²) in [6.07, 6.45) is 6.60. The molecule has 0 bridgehead atoms. The zero-order valence-electron chi connectivity index (χ0n) is 17.6. The monoisotopic (exact) mass is 431 g/mol. The molecule has 0 aliphatic heterocycles. The van der Waals surface area contributed by atoms with Crippen molar-refractivity contribution in [2.75, 3.05) is 5.32 Å². The van der Waals surface area contributed by atoms with Gasteiger partial charge in [-0.25, -0.2) is 18.5 Å². The Labute approximate surface area is 177 Å². The summed E-state index contributed by atoms with van der Waals surface area (Å²) in [5.74, 6) is 0.975. The Bertz CT molecular complexity index is 1080. The minimum absolute atomic E-state index is 0.195. The van der Waals surface area contributed by atoms with E-state index < -0.39 is 21.5 Å². The predicted molar refractivity (Wildman–Crippen MR) is 115 cm³/mol. The fourth-order valence-electron chi connectivity index (χ4n) is 4.17. The lowest BCUT2D eigenvalue weighted by atomic mass is 9.91. The van der Waals surface area contributed by atoms with E-state index in [9.17, 15) is 14.1 Å². The number of hydrogen-bond donors (Lipinski definition) is 4. The van der Waals surface area contributed by atoms with E-state index in [2.05, 4.69) is 29.1 Å². The summed E-state index contributed by atoms with van der Waals surface area (Å²) in [4.78, 5) is 12.8. The number of carbonyl (C=O) groups excluding carboxylic acids is 1. The third-order valence-electron chi connectivity index (χ3n) is 6.17. The van der Waals surface area contributed by atoms with Crippen molar-refractivity contribution in [1.82, 2.24) is 4.72 Å². The number of hydrogen-bond acceptors (Lipinski definition) is 5. The second-order valence-electron chi connectivity index (χ2n) is 8.97. The normalized spacial score (nSPS) is 19.1. The highest BCUT2D eigenvalue weighted by atomic mass is 32.2. The van der Waals surface area contributed by atoms with Crippen LogP contribution in [0.4, 0.5) is 10.5 Å². The molecule has 1 fully saturated rings. The zero-order chi connectivity index (χ0) is 21.7. The van der Waals surface area contributed by atoms with Crippen molar-refractivity contribution in [2.24, 2.45) is 5.92 Å². The van der Waals surface area contributed by atoms with Gasteiger partial charge in [0.1, 0.15) is 0 Å². The number of amides is 2. The van der Waals surface area contributed by atoms with Gasteiger partial charge in [-0.1, -0.05) is 19.1 Å². The van der Waals surface area contributed by atoms with Crippen LogP contribution in [0, 0.1) is 10.7 Å². The Hall–Kier alpha value is -2.32. The van der Waals surface area contributed by atoms with Crippen molar-refractivity contribution in [3.05, 3.63) is 46.7 Å². The zero-order valence-corrected chi connectivity index (χ0v) is 18.4. The molecule has 2 aromatic rings. The van der Waals surface area contributed by atoms with E-state index in [0.717, 1.165) is 36.1 Å². The van der Waals surface area contributed by atoms with E-state index in [-0.39, 0.29) is 5.09 Å². The van der Waals surface area contributed by atoms with Crippen molar-refractivity contribution >= 4 is 21.6 Å². The van der Waals surface area contributed by atoms with Gasteiger partial charge in [0.05, 0.1) is 11.9 Å². The van der Waals surface area contributed by atoms with E-state index in [0.29, 0.717) is 17.4 Å². The van der Waals surface area contributed by atoms with Crippen LogP contribution in [0.2, 0.25) is 0 Å². The summed E-state index contributed by atoms with van der Waals surface area (Å²) in [5.41, 5.74) is 3.48. The summed E-state index contributed by atoms with van der Waals surface area (Å²) in [7, 11) is -3.71. The topological polar surface area (TPSA) is 115 Å². The minimum Gasteiger partial charge on any atom is -0.452 e. The number of furan rings is 1. The molecule has 162 valence electrons. The van der Waals surface area contributed by atoms with Gasteiger partial charge in [0, 0.05) is 17.3 Å². The van der Waals surface area contributed by atoms with Gasteiger partial charge in [-0.2, -0.15) is 0 Å². The molecular formula is C22H29N3O4S. The first-order valence-electron chi connectivity index (χ1n) is 10.4. The molecule has 1 aromatic carbocycles. The Morgan fingerprint density at radius 1 is 1.33 bits per heavy atom. The van der Waals surface area contributed by atoms with Crippen LogP contribution >= 0.6 is 0 Å². The number of carbonyl (C=O) groups is 1. The van der Waals surface area contributed by atoms with Crippen LogP contribution in [-0.4, -0.2) is 15.3 Å². The first-order chi connectivity index (χ1) is 14.1. The minimum atomic E-state index is -3.71. The summed E-state index contributed by atoms with van der Waals surface area (Å²) in [6.45, 7) is 5.31. The van der Waals surface area contributed by atoms with Gasteiger partial charge in [-0.15, -0.1) is 0 Å². The van der Waals surface area contributed by atoms with Crippen molar-refractivity contribution in [2.45, 2.75) is 69.5 Å². The second-order valence-corrected chi connectivity index (χ2v) is 10.7. The molecule has 1 aromatic heterocycles. The summed E-state index contributed by atoms with van der Waals surface area (Å²) in [5, 5.41) is 12.8. The lowest BCUT2D eigenvalue weighted by Gasteiger charge is -2.20. The molecule has 0 unspecified atom stereocenters. The van der Waals surface area contributed by atoms with Crippen molar-refractivity contribution in [3.8, 4) is 0 Å². The molecule has 2 amide bonds.